The minimum absolute atomic E-state index is 0.712. The fourth-order valence-electron chi connectivity index (χ4n) is 3.40. The maximum Gasteiger partial charge on any atom is 0.537 e. The summed E-state index contributed by atoms with van der Waals surface area (Å²) in [7, 11) is -2.67. The second-order valence-electron chi connectivity index (χ2n) is 5.78. The Morgan fingerprint density at radius 1 is 0.850 bits per heavy atom. The summed E-state index contributed by atoms with van der Waals surface area (Å²) in [4.78, 5) is 2.35. The van der Waals surface area contributed by atoms with Gasteiger partial charge >= 0.3 is 8.80 Å². The fourth-order valence-corrected chi connectivity index (χ4v) is 5.87. The van der Waals surface area contributed by atoms with Gasteiger partial charge in [0.25, 0.3) is 0 Å². The average molecular weight is 291 g/mol. The summed E-state index contributed by atoms with van der Waals surface area (Å²) in [6.45, 7) is 5.11. The zero-order valence-corrected chi connectivity index (χ0v) is 12.8. The number of hydrogen-bond acceptors (Lipinski definition) is 4. The topological polar surface area (TPSA) is 30.9 Å². The Bertz CT molecular complexity index is 481. The maximum absolute atomic E-state index is 6.14. The van der Waals surface area contributed by atoms with Crippen molar-refractivity contribution in [3.63, 3.8) is 0 Å². The van der Waals surface area contributed by atoms with E-state index >= 15 is 0 Å². The first-order chi connectivity index (χ1) is 9.86. The van der Waals surface area contributed by atoms with Gasteiger partial charge in [-0.15, -0.1) is 0 Å². The summed E-state index contributed by atoms with van der Waals surface area (Å²) >= 11 is 0. The lowest BCUT2D eigenvalue weighted by molar-refractivity contribution is 0.00140. The van der Waals surface area contributed by atoms with Gasteiger partial charge < -0.3 is 13.3 Å². The highest BCUT2D eigenvalue weighted by Gasteiger charge is 2.46. The molecule has 0 unspecified atom stereocenters. The molecule has 1 aliphatic carbocycles. The molecule has 20 heavy (non-hydrogen) atoms. The summed E-state index contributed by atoms with van der Waals surface area (Å²) in [6, 6.07) is 6.71. The van der Waals surface area contributed by atoms with Gasteiger partial charge in [-0.05, 0) is 30.4 Å². The molecule has 0 atom stereocenters. The van der Waals surface area contributed by atoms with E-state index in [0.29, 0.717) is 19.8 Å². The van der Waals surface area contributed by atoms with E-state index < -0.39 is 8.80 Å². The van der Waals surface area contributed by atoms with Crippen LogP contribution in [0, 0.1) is 0 Å². The van der Waals surface area contributed by atoms with Crippen LogP contribution in [0.2, 0.25) is 0 Å². The average Bonchev–Trinajstić information content (AvgIpc) is 2.84. The molecule has 108 valence electrons. The summed E-state index contributed by atoms with van der Waals surface area (Å²) < 4.78 is 18.4. The lowest BCUT2D eigenvalue weighted by atomic mass is 10.1. The molecule has 0 aromatic heterocycles. The Morgan fingerprint density at radius 3 is 2.20 bits per heavy atom. The second kappa shape index (κ2) is 5.24. The molecule has 0 amide bonds. The number of hydrogen-bond donors (Lipinski definition) is 0. The van der Waals surface area contributed by atoms with Crippen LogP contribution in [0.1, 0.15) is 17.5 Å². The van der Waals surface area contributed by atoms with Gasteiger partial charge in [-0.1, -0.05) is 18.2 Å². The predicted octanol–water partition coefficient (Wildman–Crippen LogP) is 0.700. The molecule has 3 fully saturated rings. The van der Waals surface area contributed by atoms with E-state index in [0.717, 1.165) is 24.8 Å². The number of aryl methyl sites for hydroxylation is 2. The van der Waals surface area contributed by atoms with Crippen molar-refractivity contribution in [3.8, 4) is 0 Å². The van der Waals surface area contributed by atoms with Gasteiger partial charge in [0.2, 0.25) is 0 Å². The minimum atomic E-state index is -2.67. The molecule has 3 saturated heterocycles. The largest absolute Gasteiger partial charge is 0.537 e. The zero-order valence-electron chi connectivity index (χ0n) is 11.8. The summed E-state index contributed by atoms with van der Waals surface area (Å²) in [6.07, 6.45) is 3.66. The maximum atomic E-state index is 6.14. The number of nitrogens with zero attached hydrogens (tertiary/aromatic N) is 1. The van der Waals surface area contributed by atoms with Crippen molar-refractivity contribution in [3.05, 3.63) is 29.3 Å². The molecular weight excluding hydrogens is 270 g/mol. The van der Waals surface area contributed by atoms with Gasteiger partial charge in [0.05, 0.1) is 19.8 Å². The highest BCUT2D eigenvalue weighted by atomic mass is 28.4. The predicted molar refractivity (Wildman–Crippen MR) is 78.2 cm³/mol. The van der Waals surface area contributed by atoms with Crippen molar-refractivity contribution in [1.82, 2.24) is 4.90 Å². The molecule has 0 radical (unpaired) electrons. The lowest BCUT2D eigenvalue weighted by Crippen LogP contribution is -2.62. The number of fused-ring (bicyclic) bond motifs is 7. The lowest BCUT2D eigenvalue weighted by Gasteiger charge is -2.38. The van der Waals surface area contributed by atoms with Crippen molar-refractivity contribution in [2.45, 2.75) is 19.3 Å². The molecule has 4 nitrogen and oxygen atoms in total. The van der Waals surface area contributed by atoms with Crippen LogP contribution >= 0.6 is 0 Å². The number of rotatable bonds is 1. The molecule has 0 spiro atoms. The van der Waals surface area contributed by atoms with Crippen LogP contribution in [0.15, 0.2) is 18.2 Å². The van der Waals surface area contributed by atoms with Gasteiger partial charge in [-0.2, -0.15) is 0 Å². The Labute approximate surface area is 121 Å². The molecule has 5 rings (SSSR count). The van der Waals surface area contributed by atoms with Crippen LogP contribution in [0.25, 0.3) is 0 Å². The Morgan fingerprint density at radius 2 is 1.50 bits per heavy atom. The summed E-state index contributed by atoms with van der Waals surface area (Å²) in [5, 5.41) is 1.16. The molecule has 4 aliphatic rings. The van der Waals surface area contributed by atoms with Crippen LogP contribution in [0.4, 0.5) is 0 Å². The molecule has 2 bridgehead atoms. The van der Waals surface area contributed by atoms with E-state index in [1.807, 2.05) is 0 Å². The third-order valence-corrected chi connectivity index (χ3v) is 7.32. The van der Waals surface area contributed by atoms with Crippen molar-refractivity contribution >= 4 is 14.0 Å². The Kier molecular flexibility index (Phi) is 3.40. The standard InChI is InChI=1S/C15H21NO3Si/c1-2-13-4-5-15(12-14(13)3-1)20-17-9-6-16(7-10-18-20)8-11-19-20/h4-5,12H,1-3,6-11H2. The quantitative estimate of drug-likeness (QED) is 0.713. The first-order valence-corrected chi connectivity index (χ1v) is 9.35. The third kappa shape index (κ3) is 2.23. The van der Waals surface area contributed by atoms with Crippen LogP contribution in [0.3, 0.4) is 0 Å². The van der Waals surface area contributed by atoms with Crippen LogP contribution in [-0.4, -0.2) is 53.2 Å². The van der Waals surface area contributed by atoms with E-state index in [1.54, 1.807) is 0 Å². The Hall–Kier alpha value is -0.723. The first-order valence-electron chi connectivity index (χ1n) is 7.62. The van der Waals surface area contributed by atoms with Crippen LogP contribution in [-0.2, 0) is 26.1 Å². The second-order valence-corrected chi connectivity index (χ2v) is 8.34. The van der Waals surface area contributed by atoms with Gasteiger partial charge in [-0.25, -0.2) is 0 Å². The molecule has 0 N–H and O–H groups in total. The molecule has 1 aromatic rings. The monoisotopic (exact) mass is 291 g/mol. The first kappa shape index (κ1) is 13.0. The highest BCUT2D eigenvalue weighted by molar-refractivity contribution is 6.75. The SMILES string of the molecule is c1cc2c(cc1[Si]13OCCN(CCO1)CCO3)CCC2. The van der Waals surface area contributed by atoms with Gasteiger partial charge in [-0.3, -0.25) is 4.90 Å². The normalized spacial score (nSPS) is 33.3. The van der Waals surface area contributed by atoms with E-state index in [4.69, 9.17) is 13.3 Å². The molecule has 0 saturated carbocycles. The van der Waals surface area contributed by atoms with Crippen molar-refractivity contribution in [1.29, 1.82) is 0 Å². The minimum Gasteiger partial charge on any atom is -0.369 e. The summed E-state index contributed by atoms with van der Waals surface area (Å²) in [5.41, 5.74) is 2.95. The Balaban J connectivity index is 1.69. The van der Waals surface area contributed by atoms with Crippen molar-refractivity contribution in [2.75, 3.05) is 39.5 Å². The van der Waals surface area contributed by atoms with Gasteiger partial charge in [0.15, 0.2) is 0 Å². The van der Waals surface area contributed by atoms with E-state index in [2.05, 4.69) is 23.1 Å². The highest BCUT2D eigenvalue weighted by Crippen LogP contribution is 2.23. The number of benzene rings is 1. The van der Waals surface area contributed by atoms with Crippen molar-refractivity contribution in [2.24, 2.45) is 0 Å². The smallest absolute Gasteiger partial charge is 0.369 e. The van der Waals surface area contributed by atoms with Gasteiger partial charge in [0, 0.05) is 24.8 Å². The molecule has 3 aliphatic heterocycles. The summed E-state index contributed by atoms with van der Waals surface area (Å²) in [5.74, 6) is 0. The molecular formula is C15H21NO3Si. The molecule has 5 heteroatoms. The van der Waals surface area contributed by atoms with E-state index in [-0.39, 0.29) is 0 Å². The molecule has 1 aromatic carbocycles. The zero-order chi connectivity index (χ0) is 13.4. The fraction of sp³-hybridized carbons (Fsp3) is 0.600. The van der Waals surface area contributed by atoms with Crippen molar-refractivity contribution < 1.29 is 13.3 Å². The van der Waals surface area contributed by atoms with E-state index in [9.17, 15) is 0 Å². The third-order valence-electron chi connectivity index (χ3n) is 4.55. The van der Waals surface area contributed by atoms with Crippen LogP contribution < -0.4 is 5.19 Å². The van der Waals surface area contributed by atoms with Gasteiger partial charge in [0.1, 0.15) is 0 Å². The van der Waals surface area contributed by atoms with Crippen LogP contribution in [0.5, 0.6) is 0 Å². The molecule has 3 heterocycles. The van der Waals surface area contributed by atoms with E-state index in [1.165, 1.54) is 30.4 Å².